The van der Waals surface area contributed by atoms with E-state index in [1.54, 1.807) is 25.5 Å². The van der Waals surface area contributed by atoms with Gasteiger partial charge in [-0.3, -0.25) is 14.2 Å². The summed E-state index contributed by atoms with van der Waals surface area (Å²) >= 11 is 1.16. The number of nitrogens with zero attached hydrogens (tertiary/aromatic N) is 2. The predicted octanol–water partition coefficient (Wildman–Crippen LogP) is 0.820. The van der Waals surface area contributed by atoms with E-state index in [0.717, 1.165) is 11.3 Å². The van der Waals surface area contributed by atoms with Crippen molar-refractivity contribution in [2.24, 2.45) is 5.73 Å². The van der Waals surface area contributed by atoms with Gasteiger partial charge >= 0.3 is 0 Å². The van der Waals surface area contributed by atoms with Crippen molar-refractivity contribution in [3.8, 4) is 0 Å². The highest BCUT2D eigenvalue weighted by molar-refractivity contribution is 7.20. The second-order valence-corrected chi connectivity index (χ2v) is 5.21. The number of fused-ring (bicyclic) bond motifs is 1. The van der Waals surface area contributed by atoms with Gasteiger partial charge in [-0.1, -0.05) is 0 Å². The SMILES string of the molecule is COCCn1c(C)nc2sc(C(N)=O)c(C)c2c1=O. The van der Waals surface area contributed by atoms with E-state index in [2.05, 4.69) is 4.98 Å². The number of thiophene rings is 1. The number of ether oxygens (including phenoxy) is 1. The molecule has 0 unspecified atom stereocenters. The van der Waals surface area contributed by atoms with Crippen LogP contribution in [0.1, 0.15) is 21.1 Å². The highest BCUT2D eigenvalue weighted by Crippen LogP contribution is 2.26. The van der Waals surface area contributed by atoms with E-state index in [1.807, 2.05) is 0 Å². The monoisotopic (exact) mass is 281 g/mol. The van der Waals surface area contributed by atoms with Crippen molar-refractivity contribution in [2.75, 3.05) is 13.7 Å². The van der Waals surface area contributed by atoms with Gasteiger partial charge in [0.2, 0.25) is 0 Å². The Hall–Kier alpha value is -1.73. The number of nitrogens with two attached hydrogens (primary N) is 1. The van der Waals surface area contributed by atoms with Crippen LogP contribution in [0.4, 0.5) is 0 Å². The Morgan fingerprint density at radius 1 is 1.47 bits per heavy atom. The number of amides is 1. The van der Waals surface area contributed by atoms with E-state index in [9.17, 15) is 9.59 Å². The number of methoxy groups -OCH3 is 1. The minimum absolute atomic E-state index is 0.152. The third-order valence-electron chi connectivity index (χ3n) is 2.98. The zero-order chi connectivity index (χ0) is 14.2. The normalized spacial score (nSPS) is 11.1. The Kier molecular flexibility index (Phi) is 3.68. The molecule has 2 N–H and O–H groups in total. The molecule has 0 aromatic carbocycles. The van der Waals surface area contributed by atoms with Crippen LogP contribution < -0.4 is 11.3 Å². The first-order chi connectivity index (χ1) is 8.97. The van der Waals surface area contributed by atoms with Crippen molar-refractivity contribution in [1.29, 1.82) is 0 Å². The summed E-state index contributed by atoms with van der Waals surface area (Å²) in [6.45, 7) is 4.35. The van der Waals surface area contributed by atoms with Gasteiger partial charge in [-0.05, 0) is 19.4 Å². The number of carbonyl (C=O) groups excluding carboxylic acids is 1. The fraction of sp³-hybridized carbons (Fsp3) is 0.417. The van der Waals surface area contributed by atoms with E-state index in [4.69, 9.17) is 10.5 Å². The zero-order valence-corrected chi connectivity index (χ0v) is 11.8. The van der Waals surface area contributed by atoms with Crippen molar-refractivity contribution in [2.45, 2.75) is 20.4 Å². The number of aromatic nitrogens is 2. The average molecular weight is 281 g/mol. The summed E-state index contributed by atoms with van der Waals surface area (Å²) in [5.74, 6) is 0.0767. The van der Waals surface area contributed by atoms with Crippen molar-refractivity contribution in [3.05, 3.63) is 26.6 Å². The number of carbonyl (C=O) groups is 1. The maximum atomic E-state index is 12.4. The van der Waals surface area contributed by atoms with Crippen LogP contribution in [0.2, 0.25) is 0 Å². The first-order valence-corrected chi connectivity index (χ1v) is 6.58. The summed E-state index contributed by atoms with van der Waals surface area (Å²) in [4.78, 5) is 29.1. The lowest BCUT2D eigenvalue weighted by atomic mass is 10.2. The Morgan fingerprint density at radius 3 is 2.74 bits per heavy atom. The molecule has 0 saturated carbocycles. The molecule has 6 nitrogen and oxygen atoms in total. The molecule has 2 heterocycles. The zero-order valence-electron chi connectivity index (χ0n) is 11.0. The second-order valence-electron chi connectivity index (χ2n) is 4.21. The summed E-state index contributed by atoms with van der Waals surface area (Å²) in [6, 6.07) is 0. The summed E-state index contributed by atoms with van der Waals surface area (Å²) in [5.41, 5.74) is 5.76. The van der Waals surface area contributed by atoms with Gasteiger partial charge in [0, 0.05) is 7.11 Å². The van der Waals surface area contributed by atoms with E-state index in [0.29, 0.717) is 39.6 Å². The van der Waals surface area contributed by atoms with Gasteiger partial charge in [0.15, 0.2) is 0 Å². The lowest BCUT2D eigenvalue weighted by Gasteiger charge is -2.08. The molecule has 2 aromatic heterocycles. The molecule has 0 fully saturated rings. The maximum absolute atomic E-state index is 12.4. The van der Waals surface area contributed by atoms with E-state index in [-0.39, 0.29) is 5.56 Å². The molecule has 102 valence electrons. The molecular formula is C12H15N3O3S. The molecule has 2 aromatic rings. The fourth-order valence-corrected chi connectivity index (χ4v) is 3.07. The minimum Gasteiger partial charge on any atom is -0.383 e. The van der Waals surface area contributed by atoms with Crippen molar-refractivity contribution in [3.63, 3.8) is 0 Å². The van der Waals surface area contributed by atoms with Crippen molar-refractivity contribution >= 4 is 27.5 Å². The number of rotatable bonds is 4. The van der Waals surface area contributed by atoms with Gasteiger partial charge in [0.05, 0.1) is 23.4 Å². The molecule has 0 radical (unpaired) electrons. The van der Waals surface area contributed by atoms with Gasteiger partial charge < -0.3 is 10.5 Å². The molecule has 1 amide bonds. The smallest absolute Gasteiger partial charge is 0.262 e. The fourth-order valence-electron chi connectivity index (χ4n) is 2.00. The van der Waals surface area contributed by atoms with E-state index < -0.39 is 5.91 Å². The van der Waals surface area contributed by atoms with Gasteiger partial charge in [-0.25, -0.2) is 4.98 Å². The lowest BCUT2D eigenvalue weighted by molar-refractivity contribution is 0.100. The van der Waals surface area contributed by atoms with Crippen molar-refractivity contribution < 1.29 is 9.53 Å². The third kappa shape index (κ3) is 2.26. The van der Waals surface area contributed by atoms with E-state index in [1.165, 1.54) is 0 Å². The summed E-state index contributed by atoms with van der Waals surface area (Å²) in [6.07, 6.45) is 0. The molecule has 2 rings (SSSR count). The molecule has 0 bridgehead atoms. The molecule has 7 heteroatoms. The van der Waals surface area contributed by atoms with Crippen LogP contribution in [0.3, 0.4) is 0 Å². The van der Waals surface area contributed by atoms with Crippen LogP contribution in [0.5, 0.6) is 0 Å². The Morgan fingerprint density at radius 2 is 2.16 bits per heavy atom. The Labute approximate surface area is 113 Å². The predicted molar refractivity (Wildman–Crippen MR) is 73.7 cm³/mol. The van der Waals surface area contributed by atoms with Crippen LogP contribution >= 0.6 is 11.3 Å². The number of primary amides is 1. The van der Waals surface area contributed by atoms with Gasteiger partial charge in [-0.15, -0.1) is 11.3 Å². The summed E-state index contributed by atoms with van der Waals surface area (Å²) in [7, 11) is 1.58. The Bertz CT molecular complexity index is 702. The van der Waals surface area contributed by atoms with Crippen LogP contribution in [-0.2, 0) is 11.3 Å². The lowest BCUT2D eigenvalue weighted by Crippen LogP contribution is -2.25. The maximum Gasteiger partial charge on any atom is 0.262 e. The number of aryl methyl sites for hydroxylation is 2. The van der Waals surface area contributed by atoms with Crippen LogP contribution in [0, 0.1) is 13.8 Å². The molecule has 0 atom stereocenters. The highest BCUT2D eigenvalue weighted by Gasteiger charge is 2.18. The first kappa shape index (κ1) is 13.7. The van der Waals surface area contributed by atoms with Gasteiger partial charge in [0.25, 0.3) is 11.5 Å². The topological polar surface area (TPSA) is 87.2 Å². The Balaban J connectivity index is 2.72. The molecular weight excluding hydrogens is 266 g/mol. The van der Waals surface area contributed by atoms with E-state index >= 15 is 0 Å². The standard InChI is InChI=1S/C12H15N3O3S/c1-6-8-11(19-9(6)10(13)16)14-7(2)15(12(8)17)4-5-18-3/h4-5H2,1-3H3,(H2,13,16). The average Bonchev–Trinajstić information content (AvgIpc) is 2.66. The van der Waals surface area contributed by atoms with Gasteiger partial charge in [0.1, 0.15) is 10.7 Å². The molecule has 0 aliphatic rings. The molecule has 0 spiro atoms. The third-order valence-corrected chi connectivity index (χ3v) is 4.18. The van der Waals surface area contributed by atoms with Crippen molar-refractivity contribution in [1.82, 2.24) is 9.55 Å². The number of hydrogen-bond donors (Lipinski definition) is 1. The minimum atomic E-state index is -0.527. The molecule has 0 aliphatic heterocycles. The quantitative estimate of drug-likeness (QED) is 0.898. The first-order valence-electron chi connectivity index (χ1n) is 5.76. The van der Waals surface area contributed by atoms with Crippen LogP contribution in [-0.4, -0.2) is 29.2 Å². The summed E-state index contributed by atoms with van der Waals surface area (Å²) in [5, 5.41) is 0.473. The van der Waals surface area contributed by atoms with Crippen LogP contribution in [0.25, 0.3) is 10.2 Å². The number of hydrogen-bond acceptors (Lipinski definition) is 5. The summed E-state index contributed by atoms with van der Waals surface area (Å²) < 4.78 is 6.53. The second kappa shape index (κ2) is 5.10. The van der Waals surface area contributed by atoms with Crippen LogP contribution in [0.15, 0.2) is 4.79 Å². The molecule has 0 saturated heterocycles. The highest BCUT2D eigenvalue weighted by atomic mass is 32.1. The largest absolute Gasteiger partial charge is 0.383 e. The molecule has 19 heavy (non-hydrogen) atoms. The molecule has 0 aliphatic carbocycles. The van der Waals surface area contributed by atoms with Gasteiger partial charge in [-0.2, -0.15) is 0 Å².